The van der Waals surface area contributed by atoms with Crippen LogP contribution >= 0.6 is 23.5 Å². The molecule has 0 spiro atoms. The molecule has 0 bridgehead atoms. The normalized spacial score (nSPS) is 14.4. The van der Waals surface area contributed by atoms with Gasteiger partial charge >= 0.3 is 0 Å². The lowest BCUT2D eigenvalue weighted by Crippen LogP contribution is -2.16. The van der Waals surface area contributed by atoms with Gasteiger partial charge in [-0.25, -0.2) is 0 Å². The van der Waals surface area contributed by atoms with Crippen LogP contribution in [0.4, 0.5) is 17.1 Å². The van der Waals surface area contributed by atoms with Gasteiger partial charge in [-0.2, -0.15) is 0 Å². The number of hydrogen-bond acceptors (Lipinski definition) is 3. The summed E-state index contributed by atoms with van der Waals surface area (Å²) in [6, 6.07) is 81.5. The highest BCUT2D eigenvalue weighted by Gasteiger charge is 2.38. The summed E-state index contributed by atoms with van der Waals surface area (Å²) in [7, 11) is 0. The Labute approximate surface area is 418 Å². The molecule has 1 aliphatic heterocycles. The van der Waals surface area contributed by atoms with Crippen molar-refractivity contribution in [1.82, 2.24) is 4.57 Å². The van der Waals surface area contributed by atoms with Crippen LogP contribution in [0.25, 0.3) is 72.0 Å². The lowest BCUT2D eigenvalue weighted by molar-refractivity contribution is 0.660. The summed E-state index contributed by atoms with van der Waals surface area (Å²) in [4.78, 5) is 7.68. The van der Waals surface area contributed by atoms with E-state index in [1.165, 1.54) is 114 Å². The molecule has 0 amide bonds. The maximum atomic E-state index is 2.55. The lowest BCUT2D eigenvalue weighted by Gasteiger charge is -2.28. The van der Waals surface area contributed by atoms with Gasteiger partial charge in [0.25, 0.3) is 0 Å². The van der Waals surface area contributed by atoms with Gasteiger partial charge in [0.2, 0.25) is 0 Å². The maximum absolute atomic E-state index is 2.55. The summed E-state index contributed by atoms with van der Waals surface area (Å²) in [5, 5.41) is 2.59. The quantitative estimate of drug-likeness (QED) is 0.164. The molecular formula is C66H48N2S2. The molecule has 334 valence electrons. The molecule has 0 N–H and O–H groups in total. The standard InChI is InChI=1S/C66H48N2S2/c1-65(2)55-18-10-8-16-49(55)51-35-34-48(38-57(51)65)67(45-28-22-42(23-29-45)41-14-6-5-7-15-41)46-30-24-43(25-31-46)44-26-32-47(33-27-44)68-59-40-58-53(50-17-9-11-19-56(50)66(58,3)4)39-54(59)52-36-37-62-64(63(52)68)70-61-21-13-12-20-60(61)69-62/h5-40H,1-4H3. The van der Waals surface area contributed by atoms with Crippen LogP contribution in [-0.4, -0.2) is 4.57 Å². The Morgan fingerprint density at radius 1 is 0.357 bits per heavy atom. The van der Waals surface area contributed by atoms with E-state index in [1.807, 2.05) is 23.5 Å². The van der Waals surface area contributed by atoms with E-state index in [1.54, 1.807) is 0 Å². The van der Waals surface area contributed by atoms with Crippen molar-refractivity contribution in [2.45, 2.75) is 58.1 Å². The Morgan fingerprint density at radius 3 is 1.50 bits per heavy atom. The van der Waals surface area contributed by atoms with Crippen LogP contribution < -0.4 is 4.90 Å². The second-order valence-corrected chi connectivity index (χ2v) is 22.2. The highest BCUT2D eigenvalue weighted by Crippen LogP contribution is 2.56. The van der Waals surface area contributed by atoms with Gasteiger partial charge in [-0.15, -0.1) is 0 Å². The molecule has 70 heavy (non-hydrogen) atoms. The molecule has 11 aromatic rings. The van der Waals surface area contributed by atoms with Gasteiger partial charge in [0.15, 0.2) is 0 Å². The van der Waals surface area contributed by atoms with E-state index >= 15 is 0 Å². The molecule has 2 aliphatic carbocycles. The van der Waals surface area contributed by atoms with Crippen LogP contribution in [0, 0.1) is 0 Å². The monoisotopic (exact) mass is 932 g/mol. The SMILES string of the molecule is CC1(C)c2ccccc2-c2ccc(N(c3ccc(-c4ccccc4)cc3)c3ccc(-c4ccc(-n5c6cc7c(cc6c6ccc8c(c65)Sc5ccccc5S8)-c5ccccc5C7(C)C)cc4)cc3)cc21. The fraction of sp³-hybridized carbons (Fsp3) is 0.0909. The smallest absolute Gasteiger partial charge is 0.0692 e. The van der Waals surface area contributed by atoms with Gasteiger partial charge < -0.3 is 9.47 Å². The number of fused-ring (bicyclic) bond motifs is 12. The molecule has 0 unspecified atom stereocenters. The molecular weight excluding hydrogens is 885 g/mol. The fourth-order valence-electron chi connectivity index (χ4n) is 11.9. The predicted molar refractivity (Wildman–Crippen MR) is 296 cm³/mol. The summed E-state index contributed by atoms with van der Waals surface area (Å²) < 4.78 is 2.55. The van der Waals surface area contributed by atoms with E-state index in [0.717, 1.165) is 17.1 Å². The zero-order valence-corrected chi connectivity index (χ0v) is 41.1. The van der Waals surface area contributed by atoms with Gasteiger partial charge in [-0.1, -0.05) is 191 Å². The van der Waals surface area contributed by atoms with Crippen molar-refractivity contribution < 1.29 is 0 Å². The summed E-state index contributed by atoms with van der Waals surface area (Å²) in [6.45, 7) is 9.49. The largest absolute Gasteiger partial charge is 0.310 e. The average molecular weight is 933 g/mol. The first-order valence-electron chi connectivity index (χ1n) is 24.3. The van der Waals surface area contributed by atoms with E-state index in [4.69, 9.17) is 0 Å². The van der Waals surface area contributed by atoms with Crippen molar-refractivity contribution >= 4 is 62.4 Å². The van der Waals surface area contributed by atoms with Gasteiger partial charge in [-0.05, 0) is 146 Å². The zero-order chi connectivity index (χ0) is 46.9. The third kappa shape index (κ3) is 6.22. The molecule has 14 rings (SSSR count). The third-order valence-corrected chi connectivity index (χ3v) is 18.1. The second kappa shape index (κ2) is 15.5. The summed E-state index contributed by atoms with van der Waals surface area (Å²) >= 11 is 3.80. The molecule has 0 saturated carbocycles. The van der Waals surface area contributed by atoms with Crippen LogP contribution in [-0.2, 0) is 10.8 Å². The molecule has 3 aliphatic rings. The lowest BCUT2D eigenvalue weighted by atomic mass is 9.82. The molecule has 0 fully saturated rings. The topological polar surface area (TPSA) is 8.17 Å². The molecule has 10 aromatic carbocycles. The van der Waals surface area contributed by atoms with Crippen molar-refractivity contribution in [2.24, 2.45) is 0 Å². The first-order valence-corrected chi connectivity index (χ1v) is 26.0. The molecule has 4 heteroatoms. The van der Waals surface area contributed by atoms with Crippen LogP contribution in [0.1, 0.15) is 49.9 Å². The minimum atomic E-state index is -0.107. The highest BCUT2D eigenvalue weighted by atomic mass is 32.2. The number of rotatable bonds is 6. The Bertz CT molecular complexity index is 3920. The second-order valence-electron chi connectivity index (χ2n) is 20.1. The number of nitrogens with zero attached hydrogens (tertiary/aromatic N) is 2. The molecule has 2 nitrogen and oxygen atoms in total. The highest BCUT2D eigenvalue weighted by molar-refractivity contribution is 8.05. The molecule has 2 heterocycles. The first-order chi connectivity index (χ1) is 34.2. The Morgan fingerprint density at radius 2 is 0.857 bits per heavy atom. The number of aromatic nitrogens is 1. The van der Waals surface area contributed by atoms with Crippen LogP contribution in [0.2, 0.25) is 0 Å². The number of anilines is 3. The number of hydrogen-bond donors (Lipinski definition) is 0. The Balaban J connectivity index is 0.866. The Kier molecular flexibility index (Phi) is 9.18. The molecule has 0 saturated heterocycles. The maximum Gasteiger partial charge on any atom is 0.0692 e. The summed E-state index contributed by atoms with van der Waals surface area (Å²) in [5.41, 5.74) is 22.5. The minimum Gasteiger partial charge on any atom is -0.310 e. The third-order valence-electron chi connectivity index (χ3n) is 15.5. The van der Waals surface area contributed by atoms with E-state index in [2.05, 4.69) is 256 Å². The molecule has 0 atom stereocenters. The summed E-state index contributed by atoms with van der Waals surface area (Å²) in [5.74, 6) is 0. The van der Waals surface area contributed by atoms with Crippen molar-refractivity contribution in [2.75, 3.05) is 4.90 Å². The van der Waals surface area contributed by atoms with Gasteiger partial charge in [-0.3, -0.25) is 0 Å². The van der Waals surface area contributed by atoms with Gasteiger partial charge in [0.1, 0.15) is 0 Å². The van der Waals surface area contributed by atoms with Crippen LogP contribution in [0.5, 0.6) is 0 Å². The van der Waals surface area contributed by atoms with Crippen molar-refractivity contribution in [3.8, 4) is 50.2 Å². The zero-order valence-electron chi connectivity index (χ0n) is 39.5. The summed E-state index contributed by atoms with van der Waals surface area (Å²) in [6.07, 6.45) is 0. The van der Waals surface area contributed by atoms with Gasteiger partial charge in [0, 0.05) is 59.0 Å². The molecule has 0 radical (unpaired) electrons. The van der Waals surface area contributed by atoms with Crippen LogP contribution in [0.15, 0.2) is 238 Å². The predicted octanol–water partition coefficient (Wildman–Crippen LogP) is 18.8. The van der Waals surface area contributed by atoms with E-state index in [0.29, 0.717) is 0 Å². The number of benzene rings is 10. The van der Waals surface area contributed by atoms with Crippen molar-refractivity contribution in [1.29, 1.82) is 0 Å². The van der Waals surface area contributed by atoms with Crippen molar-refractivity contribution in [3.63, 3.8) is 0 Å². The van der Waals surface area contributed by atoms with E-state index in [-0.39, 0.29) is 10.8 Å². The van der Waals surface area contributed by atoms with Gasteiger partial charge in [0.05, 0.1) is 15.9 Å². The van der Waals surface area contributed by atoms with Crippen LogP contribution in [0.3, 0.4) is 0 Å². The average Bonchev–Trinajstić information content (AvgIpc) is 3.94. The van der Waals surface area contributed by atoms with Crippen molar-refractivity contribution in [3.05, 3.63) is 241 Å². The van der Waals surface area contributed by atoms with E-state index in [9.17, 15) is 0 Å². The minimum absolute atomic E-state index is 0.106. The fourth-order valence-corrected chi connectivity index (χ4v) is 14.2. The molecule has 1 aromatic heterocycles. The first kappa shape index (κ1) is 41.5. The van der Waals surface area contributed by atoms with E-state index < -0.39 is 0 Å². The Hall–Kier alpha value is -7.50.